The van der Waals surface area contributed by atoms with Crippen molar-refractivity contribution in [2.45, 2.75) is 26.4 Å². The minimum absolute atomic E-state index is 0.00127. The number of methoxy groups -OCH3 is 1. The average Bonchev–Trinajstić information content (AvgIpc) is 3.23. The van der Waals surface area contributed by atoms with Gasteiger partial charge >= 0.3 is 6.03 Å². The van der Waals surface area contributed by atoms with Crippen molar-refractivity contribution in [1.82, 2.24) is 10.2 Å². The van der Waals surface area contributed by atoms with Crippen LogP contribution in [0, 0.1) is 10.1 Å². The van der Waals surface area contributed by atoms with Gasteiger partial charge < -0.3 is 20.1 Å². The van der Waals surface area contributed by atoms with E-state index >= 15 is 0 Å². The highest BCUT2D eigenvalue weighted by Crippen LogP contribution is 2.35. The zero-order chi connectivity index (χ0) is 30.2. The summed E-state index contributed by atoms with van der Waals surface area (Å²) >= 11 is 0. The summed E-state index contributed by atoms with van der Waals surface area (Å²) in [5.74, 6) is -0.372. The smallest absolute Gasteiger partial charge is 0.329 e. The summed E-state index contributed by atoms with van der Waals surface area (Å²) in [6.07, 6.45) is 4.27. The third-order valence-electron chi connectivity index (χ3n) is 6.49. The van der Waals surface area contributed by atoms with Gasteiger partial charge in [0.15, 0.2) is 11.5 Å². The summed E-state index contributed by atoms with van der Waals surface area (Å²) in [7, 11) is 1.46. The van der Waals surface area contributed by atoms with Crippen LogP contribution >= 0.6 is 0 Å². The van der Waals surface area contributed by atoms with Crippen molar-refractivity contribution in [3.8, 4) is 11.5 Å². The largest absolute Gasteiger partial charge is 0.493 e. The Bertz CT molecular complexity index is 1580. The topological polar surface area (TPSA) is 140 Å². The molecule has 1 heterocycles. The molecule has 1 saturated heterocycles. The average molecular weight is 571 g/mol. The number of amides is 4. The van der Waals surface area contributed by atoms with Gasteiger partial charge in [-0.15, -0.1) is 6.58 Å². The zero-order valence-electron chi connectivity index (χ0n) is 23.2. The first-order valence-electron chi connectivity index (χ1n) is 13.1. The monoisotopic (exact) mass is 570 g/mol. The molecule has 216 valence electrons. The molecule has 11 nitrogen and oxygen atoms in total. The van der Waals surface area contributed by atoms with Crippen LogP contribution in [0.25, 0.3) is 6.08 Å². The third-order valence-corrected chi connectivity index (χ3v) is 6.49. The Hall–Kier alpha value is -5.45. The maximum absolute atomic E-state index is 13.1. The molecule has 11 heteroatoms. The van der Waals surface area contributed by atoms with Gasteiger partial charge in [-0.3, -0.25) is 19.7 Å². The number of nitrogens with zero attached hydrogens (tertiary/aromatic N) is 2. The Balaban J connectivity index is 1.53. The number of aryl methyl sites for hydroxylation is 1. The molecule has 4 rings (SSSR count). The highest BCUT2D eigenvalue weighted by atomic mass is 16.6. The number of allylic oxidation sites excluding steroid dienone is 1. The maximum atomic E-state index is 13.1. The molecule has 4 amide bonds. The van der Waals surface area contributed by atoms with E-state index in [0.29, 0.717) is 46.7 Å². The van der Waals surface area contributed by atoms with Crippen molar-refractivity contribution in [3.63, 3.8) is 0 Å². The summed E-state index contributed by atoms with van der Waals surface area (Å²) < 4.78 is 11.6. The van der Waals surface area contributed by atoms with E-state index in [-0.39, 0.29) is 18.0 Å². The van der Waals surface area contributed by atoms with Crippen molar-refractivity contribution in [3.05, 3.63) is 111 Å². The molecule has 42 heavy (non-hydrogen) atoms. The molecule has 0 unspecified atom stereocenters. The number of anilines is 1. The van der Waals surface area contributed by atoms with Gasteiger partial charge in [0.25, 0.3) is 11.6 Å². The number of carbonyl (C=O) groups is 3. The van der Waals surface area contributed by atoms with Crippen LogP contribution in [-0.2, 0) is 29.0 Å². The first kappa shape index (κ1) is 29.5. The van der Waals surface area contributed by atoms with Gasteiger partial charge in [0.1, 0.15) is 18.8 Å². The van der Waals surface area contributed by atoms with Crippen LogP contribution in [0.5, 0.6) is 11.5 Å². The molecule has 0 bridgehead atoms. The van der Waals surface area contributed by atoms with Crippen molar-refractivity contribution in [2.75, 3.05) is 19.0 Å². The molecule has 0 aromatic heterocycles. The van der Waals surface area contributed by atoms with Gasteiger partial charge in [-0.05, 0) is 53.8 Å². The van der Waals surface area contributed by atoms with E-state index in [9.17, 15) is 24.5 Å². The molecule has 0 atom stereocenters. The van der Waals surface area contributed by atoms with Gasteiger partial charge in [0.05, 0.1) is 12.0 Å². The molecule has 3 aromatic carbocycles. The number of non-ortho nitro benzene ring substituents is 1. The molecule has 0 aliphatic carbocycles. The van der Waals surface area contributed by atoms with Crippen LogP contribution in [0.3, 0.4) is 0 Å². The first-order valence-corrected chi connectivity index (χ1v) is 13.1. The van der Waals surface area contributed by atoms with E-state index < -0.39 is 29.3 Å². The number of benzene rings is 3. The first-order chi connectivity index (χ1) is 20.2. The van der Waals surface area contributed by atoms with Crippen LogP contribution in [0.4, 0.5) is 16.2 Å². The van der Waals surface area contributed by atoms with Crippen LogP contribution < -0.4 is 20.1 Å². The summed E-state index contributed by atoms with van der Waals surface area (Å²) in [5, 5.41) is 16.4. The number of para-hydroxylation sites is 1. The Morgan fingerprint density at radius 3 is 2.62 bits per heavy atom. The predicted molar refractivity (Wildman–Crippen MR) is 157 cm³/mol. The molecular weight excluding hydrogens is 540 g/mol. The fourth-order valence-corrected chi connectivity index (χ4v) is 4.47. The van der Waals surface area contributed by atoms with Gasteiger partial charge in [-0.2, -0.15) is 0 Å². The van der Waals surface area contributed by atoms with Gasteiger partial charge in [-0.1, -0.05) is 43.3 Å². The minimum atomic E-state index is -0.708. The standard InChI is InChI=1S/C31H30N4O7/c1-4-9-23-14-21(17-27(41-3)29(23)42-19-20-10-8-12-24(15-20)35(39)40)16-26-30(37)34(31(38)33-26)18-28(36)32-25-13-7-6-11-22(25)5-2/h4,6-8,10-17H,1,5,9,18-19H2,2-3H3,(H,32,36)(H,33,38)/b26-16+. The van der Waals surface area contributed by atoms with Crippen molar-refractivity contribution in [2.24, 2.45) is 0 Å². The molecule has 1 aliphatic rings. The molecule has 0 radical (unpaired) electrons. The maximum Gasteiger partial charge on any atom is 0.329 e. The normalized spacial score (nSPS) is 13.6. The van der Waals surface area contributed by atoms with Gasteiger partial charge in [0, 0.05) is 23.4 Å². The number of nitrogens with one attached hydrogen (secondary N) is 2. The molecule has 0 saturated carbocycles. The van der Waals surface area contributed by atoms with E-state index in [4.69, 9.17) is 9.47 Å². The number of ether oxygens (including phenoxy) is 2. The molecule has 1 aliphatic heterocycles. The summed E-state index contributed by atoms with van der Waals surface area (Å²) in [4.78, 5) is 49.8. The summed E-state index contributed by atoms with van der Waals surface area (Å²) in [5.41, 5.74) is 3.34. The second kappa shape index (κ2) is 13.3. The molecular formula is C31H30N4O7. The lowest BCUT2D eigenvalue weighted by atomic mass is 10.0. The highest BCUT2D eigenvalue weighted by molar-refractivity contribution is 6.16. The van der Waals surface area contributed by atoms with E-state index in [0.717, 1.165) is 10.5 Å². The second-order valence-corrected chi connectivity index (χ2v) is 9.36. The fourth-order valence-electron chi connectivity index (χ4n) is 4.47. The van der Waals surface area contributed by atoms with E-state index in [1.807, 2.05) is 19.1 Å². The number of nitro benzene ring substituents is 1. The summed E-state index contributed by atoms with van der Waals surface area (Å²) in [6, 6.07) is 16.1. The zero-order valence-corrected chi connectivity index (χ0v) is 23.2. The number of imide groups is 1. The molecule has 0 spiro atoms. The predicted octanol–water partition coefficient (Wildman–Crippen LogP) is 5.00. The van der Waals surface area contributed by atoms with Crippen molar-refractivity contribution < 1.29 is 28.8 Å². The lowest BCUT2D eigenvalue weighted by molar-refractivity contribution is -0.384. The fraction of sp³-hybridized carbons (Fsp3) is 0.194. The number of rotatable bonds is 12. The Morgan fingerprint density at radius 1 is 1.12 bits per heavy atom. The molecule has 2 N–H and O–H groups in total. The van der Waals surface area contributed by atoms with Crippen LogP contribution in [0.2, 0.25) is 0 Å². The van der Waals surface area contributed by atoms with E-state index in [2.05, 4.69) is 17.2 Å². The van der Waals surface area contributed by atoms with Crippen molar-refractivity contribution >= 4 is 35.3 Å². The van der Waals surface area contributed by atoms with E-state index in [1.54, 1.807) is 42.5 Å². The number of hydrogen-bond donors (Lipinski definition) is 2. The lowest BCUT2D eigenvalue weighted by Gasteiger charge is -2.16. The van der Waals surface area contributed by atoms with Gasteiger partial charge in [-0.25, -0.2) is 9.69 Å². The molecule has 3 aromatic rings. The molecule has 1 fully saturated rings. The Labute approximate surface area is 242 Å². The minimum Gasteiger partial charge on any atom is -0.493 e. The quantitative estimate of drug-likeness (QED) is 0.103. The van der Waals surface area contributed by atoms with E-state index in [1.165, 1.54) is 25.3 Å². The van der Waals surface area contributed by atoms with Crippen molar-refractivity contribution in [1.29, 1.82) is 0 Å². The highest BCUT2D eigenvalue weighted by Gasteiger charge is 2.35. The second-order valence-electron chi connectivity index (χ2n) is 9.36. The van der Waals surface area contributed by atoms with Crippen LogP contribution in [0.15, 0.2) is 79.0 Å². The number of carbonyl (C=O) groups excluding carboxylic acids is 3. The number of urea groups is 1. The Kier molecular flexibility index (Phi) is 9.33. The van der Waals surface area contributed by atoms with Crippen LogP contribution in [0.1, 0.15) is 29.2 Å². The number of nitro groups is 1. The lowest BCUT2D eigenvalue weighted by Crippen LogP contribution is -2.38. The SMILES string of the molecule is C=CCc1cc(/C=C2/NC(=O)N(CC(=O)Nc3ccccc3CC)C2=O)cc(OC)c1OCc1cccc([N+](=O)[O-])c1. The summed E-state index contributed by atoms with van der Waals surface area (Å²) in [6.45, 7) is 5.36. The van der Waals surface area contributed by atoms with Crippen LogP contribution in [-0.4, -0.2) is 41.3 Å². The number of hydrogen-bond acceptors (Lipinski definition) is 7. The Morgan fingerprint density at radius 2 is 1.90 bits per heavy atom. The van der Waals surface area contributed by atoms with Gasteiger partial charge in [0.2, 0.25) is 5.91 Å². The third kappa shape index (κ3) is 6.81.